The number of carboxylic acids is 1. The van der Waals surface area contributed by atoms with E-state index in [1.165, 1.54) is 22.5 Å². The fourth-order valence-corrected chi connectivity index (χ4v) is 5.24. The molecule has 2 aromatic rings. The standard InChI is InChI=1S/C24H31FN2O6S/c1-14(2)23-19(9-8-17(28)12-18(29)13-21(30)31)22(15-4-6-16(25)7-5-15)20-10-11-34(32,33)27(3)24(20)26-23/h4-9,14,17-18,28-29,32-33H,10-13H2,1-3H3,(H,30,31). The summed E-state index contributed by atoms with van der Waals surface area (Å²) in [5.74, 6) is -1.04. The smallest absolute Gasteiger partial charge is 0.305 e. The Morgan fingerprint density at radius 3 is 2.47 bits per heavy atom. The van der Waals surface area contributed by atoms with Crippen LogP contribution in [0.3, 0.4) is 0 Å². The molecule has 8 nitrogen and oxygen atoms in total. The molecule has 5 N–H and O–H groups in total. The maximum atomic E-state index is 13.7. The van der Waals surface area contributed by atoms with Gasteiger partial charge in [0.15, 0.2) is 5.82 Å². The molecule has 1 aliphatic heterocycles. The lowest BCUT2D eigenvalue weighted by atomic mass is 9.89. The number of hydrogen-bond acceptors (Lipinski definition) is 7. The van der Waals surface area contributed by atoms with Gasteiger partial charge in [0.1, 0.15) is 5.82 Å². The number of anilines is 1. The lowest BCUT2D eigenvalue weighted by Crippen LogP contribution is -2.32. The van der Waals surface area contributed by atoms with Gasteiger partial charge >= 0.3 is 5.97 Å². The van der Waals surface area contributed by atoms with Crippen LogP contribution in [-0.4, -0.2) is 60.4 Å². The summed E-state index contributed by atoms with van der Waals surface area (Å²) < 4.78 is 36.0. The first-order valence-corrected chi connectivity index (χ1v) is 12.7. The number of aliphatic carboxylic acids is 1. The molecule has 0 saturated carbocycles. The predicted molar refractivity (Wildman–Crippen MR) is 131 cm³/mol. The van der Waals surface area contributed by atoms with Gasteiger partial charge in [-0.3, -0.25) is 18.2 Å². The first-order valence-electron chi connectivity index (χ1n) is 11.0. The number of aliphatic hydroxyl groups is 2. The Bertz CT molecular complexity index is 1070. The molecule has 2 heterocycles. The van der Waals surface area contributed by atoms with Crippen LogP contribution >= 0.6 is 10.8 Å². The predicted octanol–water partition coefficient (Wildman–Crippen LogP) is 4.27. The molecule has 1 aromatic carbocycles. The second kappa shape index (κ2) is 10.4. The zero-order chi connectivity index (χ0) is 25.2. The molecule has 34 heavy (non-hydrogen) atoms. The molecule has 0 aliphatic carbocycles. The highest BCUT2D eigenvalue weighted by atomic mass is 32.3. The van der Waals surface area contributed by atoms with Gasteiger partial charge in [0.2, 0.25) is 0 Å². The molecule has 2 unspecified atom stereocenters. The van der Waals surface area contributed by atoms with Gasteiger partial charge in [0, 0.05) is 24.6 Å². The van der Waals surface area contributed by atoms with E-state index in [-0.39, 0.29) is 23.9 Å². The Kier molecular flexibility index (Phi) is 7.99. The third-order valence-electron chi connectivity index (χ3n) is 5.79. The van der Waals surface area contributed by atoms with E-state index in [1.807, 2.05) is 13.8 Å². The topological polar surface area (TPSA) is 134 Å². The zero-order valence-corrected chi connectivity index (χ0v) is 20.2. The Morgan fingerprint density at radius 2 is 1.88 bits per heavy atom. The lowest BCUT2D eigenvalue weighted by molar-refractivity contribution is -0.139. The second-order valence-electron chi connectivity index (χ2n) is 8.75. The molecule has 1 aliphatic rings. The van der Waals surface area contributed by atoms with Gasteiger partial charge in [-0.2, -0.15) is 0 Å². The molecule has 186 valence electrons. The Hall–Kier alpha value is -2.50. The summed E-state index contributed by atoms with van der Waals surface area (Å²) in [6.45, 7) is 3.88. The van der Waals surface area contributed by atoms with Crippen molar-refractivity contribution in [3.63, 3.8) is 0 Å². The van der Waals surface area contributed by atoms with E-state index < -0.39 is 35.4 Å². The van der Waals surface area contributed by atoms with Crippen LogP contribution in [0.25, 0.3) is 17.2 Å². The normalized spacial score (nSPS) is 18.1. The van der Waals surface area contributed by atoms with E-state index in [0.29, 0.717) is 29.1 Å². The molecular weight excluding hydrogens is 463 g/mol. The Morgan fingerprint density at radius 1 is 1.24 bits per heavy atom. The fraction of sp³-hybridized carbons (Fsp3) is 0.417. The number of carbonyl (C=O) groups is 1. The second-order valence-corrected chi connectivity index (χ2v) is 11.0. The largest absolute Gasteiger partial charge is 0.481 e. The summed E-state index contributed by atoms with van der Waals surface area (Å²) in [5.41, 5.74) is 3.60. The first-order chi connectivity index (χ1) is 15.9. The van der Waals surface area contributed by atoms with E-state index in [0.717, 1.165) is 11.1 Å². The number of rotatable bonds is 8. The van der Waals surface area contributed by atoms with Crippen LogP contribution in [0.5, 0.6) is 0 Å². The van der Waals surface area contributed by atoms with Crippen molar-refractivity contribution in [1.29, 1.82) is 0 Å². The summed E-state index contributed by atoms with van der Waals surface area (Å²) in [7, 11) is -1.42. The van der Waals surface area contributed by atoms with E-state index >= 15 is 0 Å². The number of hydrogen-bond donors (Lipinski definition) is 5. The van der Waals surface area contributed by atoms with Crippen molar-refractivity contribution >= 4 is 28.6 Å². The molecule has 2 atom stereocenters. The van der Waals surface area contributed by atoms with Gasteiger partial charge in [-0.15, -0.1) is 10.8 Å². The minimum Gasteiger partial charge on any atom is -0.481 e. The number of halogens is 1. The molecule has 0 radical (unpaired) electrons. The number of carboxylic acid groups (broad SMARTS) is 1. The third kappa shape index (κ3) is 5.76. The highest BCUT2D eigenvalue weighted by molar-refractivity contribution is 8.25. The summed E-state index contributed by atoms with van der Waals surface area (Å²) in [6, 6.07) is 5.99. The summed E-state index contributed by atoms with van der Waals surface area (Å²) in [5, 5.41) is 29.1. The molecule has 0 amide bonds. The quantitative estimate of drug-likeness (QED) is 0.367. The Labute approximate surface area is 199 Å². The van der Waals surface area contributed by atoms with Crippen molar-refractivity contribution in [2.24, 2.45) is 0 Å². The van der Waals surface area contributed by atoms with Crippen LogP contribution in [0.1, 0.15) is 49.4 Å². The number of pyridine rings is 1. The molecule has 0 spiro atoms. The highest BCUT2D eigenvalue weighted by Gasteiger charge is 2.33. The van der Waals surface area contributed by atoms with Crippen molar-refractivity contribution < 1.29 is 33.6 Å². The van der Waals surface area contributed by atoms with Gasteiger partial charge < -0.3 is 15.3 Å². The van der Waals surface area contributed by atoms with Crippen molar-refractivity contribution in [3.8, 4) is 11.1 Å². The van der Waals surface area contributed by atoms with Crippen LogP contribution in [-0.2, 0) is 11.2 Å². The van der Waals surface area contributed by atoms with Gasteiger partial charge in [-0.05, 0) is 35.6 Å². The molecule has 0 fully saturated rings. The van der Waals surface area contributed by atoms with Gasteiger partial charge in [0.05, 0.1) is 30.1 Å². The minimum absolute atomic E-state index is 0.0731. The minimum atomic E-state index is -3.01. The Balaban J connectivity index is 2.16. The highest BCUT2D eigenvalue weighted by Crippen LogP contribution is 2.52. The number of aromatic nitrogens is 1. The summed E-state index contributed by atoms with van der Waals surface area (Å²) >= 11 is 0. The van der Waals surface area contributed by atoms with Gasteiger partial charge in [-0.25, -0.2) is 9.37 Å². The average molecular weight is 495 g/mol. The lowest BCUT2D eigenvalue weighted by Gasteiger charge is -2.46. The number of benzene rings is 1. The van der Waals surface area contributed by atoms with Crippen molar-refractivity contribution in [1.82, 2.24) is 4.98 Å². The van der Waals surface area contributed by atoms with Gasteiger partial charge in [0.25, 0.3) is 0 Å². The molecule has 10 heteroatoms. The molecule has 3 rings (SSSR count). The van der Waals surface area contributed by atoms with Crippen molar-refractivity contribution in [2.45, 2.75) is 51.2 Å². The van der Waals surface area contributed by atoms with Crippen LogP contribution in [0.15, 0.2) is 30.3 Å². The summed E-state index contributed by atoms with van der Waals surface area (Å²) in [6.07, 6.45) is 0.607. The summed E-state index contributed by atoms with van der Waals surface area (Å²) in [4.78, 5) is 15.6. The molecule has 1 aromatic heterocycles. The van der Waals surface area contributed by atoms with Crippen molar-refractivity contribution in [2.75, 3.05) is 17.1 Å². The van der Waals surface area contributed by atoms with Crippen LogP contribution < -0.4 is 4.31 Å². The van der Waals surface area contributed by atoms with E-state index in [1.54, 1.807) is 25.3 Å². The number of aliphatic hydroxyl groups excluding tert-OH is 2. The maximum absolute atomic E-state index is 13.7. The maximum Gasteiger partial charge on any atom is 0.305 e. The van der Waals surface area contributed by atoms with Crippen LogP contribution in [0, 0.1) is 5.82 Å². The monoisotopic (exact) mass is 494 g/mol. The molecule has 0 bridgehead atoms. The van der Waals surface area contributed by atoms with Crippen LogP contribution in [0.4, 0.5) is 10.2 Å². The van der Waals surface area contributed by atoms with Gasteiger partial charge in [-0.1, -0.05) is 38.1 Å². The first kappa shape index (κ1) is 26.1. The SMILES string of the molecule is CC(C)c1nc2c(c(-c3ccc(F)cc3)c1C=CC(O)CC(O)CC(=O)O)CCS(O)(O)N2C. The number of nitrogens with zero attached hydrogens (tertiary/aromatic N) is 2. The number of fused-ring (bicyclic) bond motifs is 1. The van der Waals surface area contributed by atoms with Crippen LogP contribution in [0.2, 0.25) is 0 Å². The van der Waals surface area contributed by atoms with E-state index in [9.17, 15) is 28.5 Å². The van der Waals surface area contributed by atoms with E-state index in [4.69, 9.17) is 10.1 Å². The zero-order valence-electron chi connectivity index (χ0n) is 19.3. The van der Waals surface area contributed by atoms with Crippen molar-refractivity contribution in [3.05, 3.63) is 53.0 Å². The fourth-order valence-electron chi connectivity index (χ4n) is 4.06. The van der Waals surface area contributed by atoms with E-state index in [2.05, 4.69) is 0 Å². The molecule has 0 saturated heterocycles. The third-order valence-corrected chi connectivity index (χ3v) is 7.60. The molecular formula is C24H31FN2O6S. The average Bonchev–Trinajstić information content (AvgIpc) is 2.74.